The quantitative estimate of drug-likeness (QED) is 0.564. The molecule has 0 aromatic heterocycles. The van der Waals surface area contributed by atoms with E-state index in [0.29, 0.717) is 0 Å². The number of hydrogen-bond acceptors (Lipinski definition) is 1. The summed E-state index contributed by atoms with van der Waals surface area (Å²) >= 11 is 0.287. The van der Waals surface area contributed by atoms with Crippen LogP contribution in [0.3, 0.4) is 0 Å². The molecule has 1 nitrogen and oxygen atoms in total. The van der Waals surface area contributed by atoms with E-state index in [0.717, 1.165) is 13.0 Å². The fourth-order valence-corrected chi connectivity index (χ4v) is 2.15. The number of hydrogen-bond donors (Lipinski definition) is 0. The van der Waals surface area contributed by atoms with E-state index in [4.69, 9.17) is 3.79 Å². The van der Waals surface area contributed by atoms with Crippen molar-refractivity contribution >= 4 is 4.43 Å². The van der Waals surface area contributed by atoms with Crippen LogP contribution in [0.25, 0.3) is 0 Å². The van der Waals surface area contributed by atoms with Gasteiger partial charge in [-0.05, 0) is 0 Å². The van der Waals surface area contributed by atoms with Gasteiger partial charge >= 0.3 is 66.6 Å². The zero-order valence-corrected chi connectivity index (χ0v) is 6.82. The van der Waals surface area contributed by atoms with Gasteiger partial charge in [0.15, 0.2) is 0 Å². The fraction of sp³-hybridized carbons (Fsp3) is 0.250. The number of benzene rings is 1. The first-order chi connectivity index (χ1) is 4.97. The third kappa shape index (κ3) is 1.11. The molecule has 1 heterocycles. The third-order valence-corrected chi connectivity index (χ3v) is 2.92. The Bertz CT molecular complexity index is 209. The van der Waals surface area contributed by atoms with Gasteiger partial charge < -0.3 is 0 Å². The summed E-state index contributed by atoms with van der Waals surface area (Å²) in [5.74, 6) is 0. The summed E-state index contributed by atoms with van der Waals surface area (Å²) in [6.45, 7) is 0.914. The molecule has 2 rings (SSSR count). The van der Waals surface area contributed by atoms with E-state index in [1.807, 2.05) is 0 Å². The van der Waals surface area contributed by atoms with Gasteiger partial charge in [-0.3, -0.25) is 0 Å². The zero-order valence-electron chi connectivity index (χ0n) is 5.54. The van der Waals surface area contributed by atoms with Crippen molar-refractivity contribution in [1.82, 2.24) is 0 Å². The van der Waals surface area contributed by atoms with Gasteiger partial charge in [0.2, 0.25) is 0 Å². The topological polar surface area (TPSA) is 9.23 Å². The van der Waals surface area contributed by atoms with Crippen molar-refractivity contribution in [2.75, 3.05) is 6.61 Å². The van der Waals surface area contributed by atoms with E-state index in [2.05, 4.69) is 24.3 Å². The molecule has 0 amide bonds. The van der Waals surface area contributed by atoms with Gasteiger partial charge in [0, 0.05) is 0 Å². The molecule has 0 spiro atoms. The van der Waals surface area contributed by atoms with Gasteiger partial charge in [-0.15, -0.1) is 0 Å². The Morgan fingerprint density at radius 1 is 1.30 bits per heavy atom. The van der Waals surface area contributed by atoms with E-state index in [-0.39, 0.29) is 15.6 Å². The van der Waals surface area contributed by atoms with Crippen LogP contribution in [-0.2, 0) is 25.8 Å². The molecule has 0 aliphatic carbocycles. The van der Waals surface area contributed by atoms with Crippen LogP contribution in [0.1, 0.15) is 5.56 Å². The van der Waals surface area contributed by atoms with Gasteiger partial charge in [0.1, 0.15) is 0 Å². The number of fused-ring (bicyclic) bond motifs is 1. The van der Waals surface area contributed by atoms with Gasteiger partial charge in [0.05, 0.1) is 0 Å². The standard InChI is InChI=1S/C8H8O.Cr/c9-7-6-8-4-2-1-3-5-8;/h1-4H,6-7H2;/q-1;+1. The minimum atomic E-state index is 0.287. The molecule has 0 bridgehead atoms. The molecule has 0 unspecified atom stereocenters. The Hall–Kier alpha value is -0.288. The van der Waals surface area contributed by atoms with Crippen molar-refractivity contribution in [1.29, 1.82) is 0 Å². The second-order valence-corrected chi connectivity index (χ2v) is 3.58. The van der Waals surface area contributed by atoms with Gasteiger partial charge in [-0.25, -0.2) is 0 Å². The maximum atomic E-state index is 5.36. The molecule has 0 fully saturated rings. The van der Waals surface area contributed by atoms with Gasteiger partial charge in [0.25, 0.3) is 0 Å². The summed E-state index contributed by atoms with van der Waals surface area (Å²) in [6.07, 6.45) is 1.10. The van der Waals surface area contributed by atoms with Crippen molar-refractivity contribution in [3.05, 3.63) is 29.8 Å². The van der Waals surface area contributed by atoms with Crippen molar-refractivity contribution in [3.8, 4) is 0 Å². The summed E-state index contributed by atoms with van der Waals surface area (Å²) in [5.41, 5.74) is 1.48. The SMILES string of the molecule is c1cc[c]2c(c1)CC[O][Cr]2. The Kier molecular flexibility index (Phi) is 1.77. The van der Waals surface area contributed by atoms with E-state index in [1.54, 1.807) is 0 Å². The minimum absolute atomic E-state index is 0.287. The predicted molar refractivity (Wildman–Crippen MR) is 35.7 cm³/mol. The molecule has 0 saturated heterocycles. The molecule has 0 N–H and O–H groups in total. The van der Waals surface area contributed by atoms with Crippen LogP contribution >= 0.6 is 0 Å². The molecule has 10 heavy (non-hydrogen) atoms. The van der Waals surface area contributed by atoms with E-state index >= 15 is 0 Å². The molecule has 1 aliphatic heterocycles. The first kappa shape index (κ1) is 6.42. The fourth-order valence-electron chi connectivity index (χ4n) is 1.05. The Morgan fingerprint density at radius 2 is 2.20 bits per heavy atom. The van der Waals surface area contributed by atoms with Crippen LogP contribution in [0.15, 0.2) is 24.3 Å². The summed E-state index contributed by atoms with van der Waals surface area (Å²) in [4.78, 5) is 0. The predicted octanol–water partition coefficient (Wildman–Crippen LogP) is 0.882. The van der Waals surface area contributed by atoms with Crippen LogP contribution < -0.4 is 4.43 Å². The third-order valence-electron chi connectivity index (χ3n) is 1.58. The first-order valence-corrected chi connectivity index (χ1v) is 4.50. The van der Waals surface area contributed by atoms with Crippen LogP contribution in [0, 0.1) is 0 Å². The molecule has 1 aromatic rings. The first-order valence-electron chi connectivity index (χ1n) is 3.34. The molecule has 0 saturated carbocycles. The van der Waals surface area contributed by atoms with Crippen molar-refractivity contribution in [2.45, 2.75) is 6.42 Å². The van der Waals surface area contributed by atoms with Crippen LogP contribution in [0.2, 0.25) is 0 Å². The van der Waals surface area contributed by atoms with Crippen LogP contribution in [-0.4, -0.2) is 6.61 Å². The monoisotopic (exact) mass is 172 g/mol. The molecule has 0 atom stereocenters. The normalized spacial score (nSPS) is 16.4. The van der Waals surface area contributed by atoms with E-state index < -0.39 is 0 Å². The Morgan fingerprint density at radius 3 is 3.10 bits per heavy atom. The second kappa shape index (κ2) is 2.76. The number of rotatable bonds is 0. The molecule has 1 aliphatic rings. The summed E-state index contributed by atoms with van der Waals surface area (Å²) in [5, 5.41) is 0. The van der Waals surface area contributed by atoms with E-state index in [9.17, 15) is 0 Å². The van der Waals surface area contributed by atoms with Crippen LogP contribution in [0.5, 0.6) is 0 Å². The zero-order chi connectivity index (χ0) is 6.81. The molecule has 1 aromatic carbocycles. The Balaban J connectivity index is 2.41. The summed E-state index contributed by atoms with van der Waals surface area (Å²) in [6, 6.07) is 8.53. The van der Waals surface area contributed by atoms with Crippen molar-refractivity contribution in [3.63, 3.8) is 0 Å². The second-order valence-electron chi connectivity index (χ2n) is 2.26. The molecular formula is C8H8CrO. The molecule has 52 valence electrons. The Labute approximate surface area is 67.1 Å². The average Bonchev–Trinajstić information content (AvgIpc) is 2.05. The van der Waals surface area contributed by atoms with Crippen molar-refractivity contribution in [2.24, 2.45) is 0 Å². The molecular weight excluding hydrogens is 164 g/mol. The maximum absolute atomic E-state index is 5.36. The van der Waals surface area contributed by atoms with Crippen LogP contribution in [0.4, 0.5) is 0 Å². The average molecular weight is 172 g/mol. The molecule has 2 heteroatoms. The summed E-state index contributed by atoms with van der Waals surface area (Å²) < 4.78 is 6.78. The molecule has 0 radical (unpaired) electrons. The van der Waals surface area contributed by atoms with E-state index in [1.165, 1.54) is 9.99 Å². The summed E-state index contributed by atoms with van der Waals surface area (Å²) in [7, 11) is 0. The van der Waals surface area contributed by atoms with Crippen molar-refractivity contribution < 1.29 is 19.3 Å². The van der Waals surface area contributed by atoms with Gasteiger partial charge in [-0.1, -0.05) is 0 Å². The van der Waals surface area contributed by atoms with Gasteiger partial charge in [-0.2, -0.15) is 0 Å².